The fraction of sp³-hybridized carbons (Fsp3) is 0.227. The second-order valence-corrected chi connectivity index (χ2v) is 6.72. The van der Waals surface area contributed by atoms with E-state index >= 15 is 0 Å². The van der Waals surface area contributed by atoms with Gasteiger partial charge in [0.05, 0.1) is 12.6 Å². The van der Waals surface area contributed by atoms with Crippen LogP contribution >= 0.6 is 0 Å². The Balaban J connectivity index is 2.14. The van der Waals surface area contributed by atoms with Crippen LogP contribution in [0.2, 0.25) is 0 Å². The van der Waals surface area contributed by atoms with Crippen molar-refractivity contribution in [3.05, 3.63) is 69.1 Å². The van der Waals surface area contributed by atoms with E-state index in [1.54, 1.807) is 23.8 Å². The Morgan fingerprint density at radius 3 is 2.43 bits per heavy atom. The summed E-state index contributed by atoms with van der Waals surface area (Å²) in [5.41, 5.74) is 1.37. The maximum absolute atomic E-state index is 13.3. The number of fused-ring (bicyclic) bond motifs is 2. The number of pyridine rings is 1. The molecule has 6 nitrogen and oxygen atoms in total. The minimum absolute atomic E-state index is 0.131. The number of ether oxygens (including phenoxy) is 1. The zero-order valence-electron chi connectivity index (χ0n) is 16.1. The Kier molecular flexibility index (Phi) is 4.47. The molecule has 0 saturated carbocycles. The van der Waals surface area contributed by atoms with Crippen LogP contribution < -0.4 is 15.7 Å². The van der Waals surface area contributed by atoms with Crippen molar-refractivity contribution in [1.29, 1.82) is 0 Å². The lowest BCUT2D eigenvalue weighted by atomic mass is 10.1. The third-order valence-electron chi connectivity index (χ3n) is 5.00. The molecule has 0 fully saturated rings. The monoisotopic (exact) mass is 375 g/mol. The van der Waals surface area contributed by atoms with Gasteiger partial charge in [-0.2, -0.15) is 0 Å². The third kappa shape index (κ3) is 2.69. The first-order valence-electron chi connectivity index (χ1n) is 9.23. The lowest BCUT2D eigenvalue weighted by Gasteiger charge is -2.16. The molecule has 0 radical (unpaired) electrons. The van der Waals surface area contributed by atoms with E-state index in [0.717, 1.165) is 23.3 Å². The minimum Gasteiger partial charge on any atom is -0.497 e. The Morgan fingerprint density at radius 2 is 1.75 bits per heavy atom. The fourth-order valence-corrected chi connectivity index (χ4v) is 3.58. The number of rotatable bonds is 4. The summed E-state index contributed by atoms with van der Waals surface area (Å²) in [6.45, 7) is 2.48. The lowest BCUT2D eigenvalue weighted by Crippen LogP contribution is -2.29. The number of hydrogen-bond donors (Lipinski definition) is 0. The van der Waals surface area contributed by atoms with E-state index in [9.17, 15) is 9.59 Å². The standard InChI is InChI=1S/C22H21N3O3/c1-4-13-25-20(14-9-11-15(28-3)12-10-14)23-21-18(22(25)27)19(26)16-7-5-6-8-17(16)24(21)2/h5-12H,4,13H2,1-3H3. The Morgan fingerprint density at radius 1 is 1.04 bits per heavy atom. The van der Waals surface area contributed by atoms with Gasteiger partial charge < -0.3 is 9.30 Å². The molecule has 0 bridgehead atoms. The maximum atomic E-state index is 13.3. The zero-order chi connectivity index (χ0) is 19.8. The second kappa shape index (κ2) is 6.96. The average molecular weight is 375 g/mol. The highest BCUT2D eigenvalue weighted by atomic mass is 16.5. The molecule has 0 aliphatic heterocycles. The van der Waals surface area contributed by atoms with Crippen molar-refractivity contribution >= 4 is 21.9 Å². The number of aromatic nitrogens is 3. The Hall–Kier alpha value is -3.41. The summed E-state index contributed by atoms with van der Waals surface area (Å²) < 4.78 is 8.64. The summed E-state index contributed by atoms with van der Waals surface area (Å²) in [7, 11) is 3.44. The molecule has 0 atom stereocenters. The van der Waals surface area contributed by atoms with Crippen LogP contribution in [0.4, 0.5) is 0 Å². The van der Waals surface area contributed by atoms with Gasteiger partial charge in [-0.05, 0) is 42.8 Å². The van der Waals surface area contributed by atoms with Crippen molar-refractivity contribution in [2.45, 2.75) is 19.9 Å². The van der Waals surface area contributed by atoms with E-state index in [1.165, 1.54) is 0 Å². The van der Waals surface area contributed by atoms with Gasteiger partial charge in [0, 0.05) is 24.5 Å². The summed E-state index contributed by atoms with van der Waals surface area (Å²) in [4.78, 5) is 31.2. The van der Waals surface area contributed by atoms with Gasteiger partial charge in [-0.25, -0.2) is 4.98 Å². The summed E-state index contributed by atoms with van der Waals surface area (Å²) >= 11 is 0. The predicted molar refractivity (Wildman–Crippen MR) is 111 cm³/mol. The van der Waals surface area contributed by atoms with Gasteiger partial charge in [-0.3, -0.25) is 14.2 Å². The van der Waals surface area contributed by atoms with Crippen LogP contribution in [0.3, 0.4) is 0 Å². The molecule has 0 spiro atoms. The van der Waals surface area contributed by atoms with E-state index in [1.807, 2.05) is 54.9 Å². The summed E-state index contributed by atoms with van der Waals surface area (Å²) in [6, 6.07) is 14.7. The van der Waals surface area contributed by atoms with Gasteiger partial charge >= 0.3 is 0 Å². The second-order valence-electron chi connectivity index (χ2n) is 6.72. The summed E-state index contributed by atoms with van der Waals surface area (Å²) in [5.74, 6) is 1.28. The quantitative estimate of drug-likeness (QED) is 0.513. The van der Waals surface area contributed by atoms with Crippen LogP contribution in [-0.4, -0.2) is 21.2 Å². The molecule has 0 N–H and O–H groups in total. The van der Waals surface area contributed by atoms with E-state index < -0.39 is 0 Å². The molecular weight excluding hydrogens is 354 g/mol. The van der Waals surface area contributed by atoms with Gasteiger partial charge in [0.25, 0.3) is 5.56 Å². The van der Waals surface area contributed by atoms with Crippen molar-refractivity contribution in [2.75, 3.05) is 7.11 Å². The largest absolute Gasteiger partial charge is 0.497 e. The number of benzene rings is 2. The van der Waals surface area contributed by atoms with Crippen LogP contribution in [0.5, 0.6) is 5.75 Å². The van der Waals surface area contributed by atoms with Gasteiger partial charge in [-0.15, -0.1) is 0 Å². The van der Waals surface area contributed by atoms with Crippen LogP contribution in [0.15, 0.2) is 58.1 Å². The normalized spacial score (nSPS) is 11.2. The lowest BCUT2D eigenvalue weighted by molar-refractivity contribution is 0.415. The Bertz CT molecular complexity index is 1300. The van der Waals surface area contributed by atoms with Crippen molar-refractivity contribution < 1.29 is 4.74 Å². The van der Waals surface area contributed by atoms with Crippen molar-refractivity contribution in [2.24, 2.45) is 7.05 Å². The van der Waals surface area contributed by atoms with E-state index in [-0.39, 0.29) is 16.4 Å². The number of methoxy groups -OCH3 is 1. The van der Waals surface area contributed by atoms with Gasteiger partial charge in [0.1, 0.15) is 17.0 Å². The van der Waals surface area contributed by atoms with Crippen molar-refractivity contribution in [3.8, 4) is 17.1 Å². The number of hydrogen-bond acceptors (Lipinski definition) is 4. The fourth-order valence-electron chi connectivity index (χ4n) is 3.58. The molecule has 0 unspecified atom stereocenters. The van der Waals surface area contributed by atoms with Crippen LogP contribution in [-0.2, 0) is 13.6 Å². The van der Waals surface area contributed by atoms with Crippen LogP contribution in [0.25, 0.3) is 33.3 Å². The molecule has 0 amide bonds. The molecule has 28 heavy (non-hydrogen) atoms. The molecule has 142 valence electrons. The first kappa shape index (κ1) is 18.0. The van der Waals surface area contributed by atoms with Gasteiger partial charge in [0.2, 0.25) is 5.43 Å². The third-order valence-corrected chi connectivity index (χ3v) is 5.00. The first-order chi connectivity index (χ1) is 13.6. The topological polar surface area (TPSA) is 66.1 Å². The highest BCUT2D eigenvalue weighted by Crippen LogP contribution is 2.23. The number of aryl methyl sites for hydroxylation is 1. The van der Waals surface area contributed by atoms with E-state index in [0.29, 0.717) is 23.4 Å². The summed E-state index contributed by atoms with van der Waals surface area (Å²) in [6.07, 6.45) is 0.754. The average Bonchev–Trinajstić information content (AvgIpc) is 2.73. The smallest absolute Gasteiger partial charge is 0.267 e. The maximum Gasteiger partial charge on any atom is 0.267 e. The highest BCUT2D eigenvalue weighted by molar-refractivity contribution is 5.91. The minimum atomic E-state index is -0.302. The zero-order valence-corrected chi connectivity index (χ0v) is 16.1. The molecule has 0 aliphatic carbocycles. The molecule has 6 heteroatoms. The molecule has 2 aromatic carbocycles. The molecule has 4 rings (SSSR count). The molecule has 4 aromatic rings. The molecule has 0 aliphatic rings. The van der Waals surface area contributed by atoms with E-state index in [2.05, 4.69) is 0 Å². The molecular formula is C22H21N3O3. The SMILES string of the molecule is CCCn1c(-c2ccc(OC)cc2)nc2c(c(=O)c3ccccc3n2C)c1=O. The summed E-state index contributed by atoms with van der Waals surface area (Å²) in [5, 5.41) is 0.656. The molecule has 2 aromatic heterocycles. The van der Waals surface area contributed by atoms with Crippen molar-refractivity contribution in [3.63, 3.8) is 0 Å². The highest BCUT2D eigenvalue weighted by Gasteiger charge is 2.18. The van der Waals surface area contributed by atoms with Gasteiger partial charge in [-0.1, -0.05) is 19.1 Å². The van der Waals surface area contributed by atoms with Crippen molar-refractivity contribution in [1.82, 2.24) is 14.1 Å². The molecule has 0 saturated heterocycles. The molecule has 2 heterocycles. The predicted octanol–water partition coefficient (Wildman–Crippen LogP) is 3.33. The number of nitrogens with zero attached hydrogens (tertiary/aromatic N) is 3. The van der Waals surface area contributed by atoms with E-state index in [4.69, 9.17) is 9.72 Å². The Labute approximate surface area is 161 Å². The van der Waals surface area contributed by atoms with Crippen LogP contribution in [0, 0.1) is 0 Å². The van der Waals surface area contributed by atoms with Gasteiger partial charge in [0.15, 0.2) is 5.65 Å². The number of para-hydroxylation sites is 1. The van der Waals surface area contributed by atoms with Crippen LogP contribution in [0.1, 0.15) is 13.3 Å². The first-order valence-corrected chi connectivity index (χ1v) is 9.23.